The Balaban J connectivity index is 2.01. The molecule has 0 atom stereocenters. The maximum Gasteiger partial charge on any atom is 0.260 e. The first-order valence-electron chi connectivity index (χ1n) is 11.7. The number of nitrogens with one attached hydrogen (secondary N) is 1. The predicted molar refractivity (Wildman–Crippen MR) is 129 cm³/mol. The van der Waals surface area contributed by atoms with Gasteiger partial charge in [-0.15, -0.1) is 0 Å². The molecule has 1 saturated carbocycles. The van der Waals surface area contributed by atoms with E-state index in [-0.39, 0.29) is 6.54 Å². The molecule has 1 aliphatic rings. The van der Waals surface area contributed by atoms with Crippen molar-refractivity contribution in [3.63, 3.8) is 0 Å². The minimum atomic E-state index is -3.59. The first-order chi connectivity index (χ1) is 14.8. The van der Waals surface area contributed by atoms with Crippen LogP contribution in [0.4, 0.5) is 5.69 Å². The Morgan fingerprint density at radius 2 is 1.42 bits per heavy atom. The van der Waals surface area contributed by atoms with Crippen molar-refractivity contribution in [1.82, 2.24) is 5.43 Å². The van der Waals surface area contributed by atoms with E-state index in [2.05, 4.69) is 24.4 Å². The van der Waals surface area contributed by atoms with Gasteiger partial charge in [-0.1, -0.05) is 70.9 Å². The molecular weight excluding hydrogens is 410 g/mol. The van der Waals surface area contributed by atoms with Crippen LogP contribution in [0.2, 0.25) is 0 Å². The monoisotopic (exact) mass is 449 g/mol. The second kappa shape index (κ2) is 12.8. The minimum Gasteiger partial charge on any atom is -0.271 e. The van der Waals surface area contributed by atoms with Gasteiger partial charge in [0.2, 0.25) is 10.0 Å². The van der Waals surface area contributed by atoms with E-state index < -0.39 is 15.9 Å². The fourth-order valence-corrected chi connectivity index (χ4v) is 4.72. The van der Waals surface area contributed by atoms with E-state index >= 15 is 0 Å². The van der Waals surface area contributed by atoms with Gasteiger partial charge in [-0.3, -0.25) is 9.10 Å². The summed E-state index contributed by atoms with van der Waals surface area (Å²) >= 11 is 0. The van der Waals surface area contributed by atoms with Crippen molar-refractivity contribution in [2.24, 2.45) is 5.10 Å². The third kappa shape index (κ3) is 9.42. The average Bonchev–Trinajstić information content (AvgIpc) is 2.71. The van der Waals surface area contributed by atoms with Gasteiger partial charge in [-0.05, 0) is 49.3 Å². The van der Waals surface area contributed by atoms with Crippen LogP contribution in [0, 0.1) is 0 Å². The number of hydrogen-bond acceptors (Lipinski definition) is 4. The molecule has 2 rings (SSSR count). The number of sulfonamides is 1. The maximum absolute atomic E-state index is 12.5. The van der Waals surface area contributed by atoms with Crippen LogP contribution in [0.25, 0.3) is 0 Å². The van der Waals surface area contributed by atoms with Crippen LogP contribution in [-0.2, 0) is 14.8 Å². The molecule has 0 spiro atoms. The first-order valence-corrected chi connectivity index (χ1v) is 13.5. The van der Waals surface area contributed by atoms with Crippen molar-refractivity contribution in [3.05, 3.63) is 29.8 Å². The Hall–Kier alpha value is -1.89. The smallest absolute Gasteiger partial charge is 0.260 e. The van der Waals surface area contributed by atoms with E-state index in [9.17, 15) is 13.2 Å². The number of amides is 1. The largest absolute Gasteiger partial charge is 0.271 e. The van der Waals surface area contributed by atoms with Crippen molar-refractivity contribution in [2.75, 3.05) is 17.1 Å². The summed E-state index contributed by atoms with van der Waals surface area (Å²) in [4.78, 5) is 12.5. The lowest BCUT2D eigenvalue weighted by atomic mass is 10.00. The average molecular weight is 450 g/mol. The molecule has 1 aromatic rings. The van der Waals surface area contributed by atoms with Gasteiger partial charge in [0.1, 0.15) is 6.54 Å². The highest BCUT2D eigenvalue weighted by molar-refractivity contribution is 7.92. The molecule has 0 unspecified atom stereocenters. The Bertz CT molecular complexity index is 803. The van der Waals surface area contributed by atoms with Crippen LogP contribution in [0.1, 0.15) is 96.0 Å². The van der Waals surface area contributed by atoms with E-state index in [1.165, 1.54) is 44.9 Å². The van der Waals surface area contributed by atoms with Gasteiger partial charge >= 0.3 is 0 Å². The number of hydrogen-bond donors (Lipinski definition) is 1. The SMILES string of the molecule is CC(C)c1ccc(N(CC(=O)NN=C2CCCCCCCCCCC2)S(C)(=O)=O)cc1. The highest BCUT2D eigenvalue weighted by atomic mass is 32.2. The molecule has 31 heavy (non-hydrogen) atoms. The van der Waals surface area contributed by atoms with E-state index in [1.807, 2.05) is 12.1 Å². The molecule has 0 heterocycles. The fraction of sp³-hybridized carbons (Fsp3) is 0.667. The topological polar surface area (TPSA) is 78.8 Å². The molecule has 0 aromatic heterocycles. The lowest BCUT2D eigenvalue weighted by molar-refractivity contribution is -0.119. The summed E-state index contributed by atoms with van der Waals surface area (Å²) in [5.74, 6) is -0.0669. The number of carbonyl (C=O) groups is 1. The van der Waals surface area contributed by atoms with Crippen molar-refractivity contribution in [1.29, 1.82) is 0 Å². The predicted octanol–water partition coefficient (Wildman–Crippen LogP) is 5.35. The number of benzene rings is 1. The Kier molecular flexibility index (Phi) is 10.5. The maximum atomic E-state index is 12.5. The van der Waals surface area contributed by atoms with E-state index in [0.29, 0.717) is 11.6 Å². The summed E-state index contributed by atoms with van der Waals surface area (Å²) in [7, 11) is -3.59. The Morgan fingerprint density at radius 1 is 0.935 bits per heavy atom. The highest BCUT2D eigenvalue weighted by Gasteiger charge is 2.21. The normalized spacial score (nSPS) is 16.8. The van der Waals surface area contributed by atoms with E-state index in [0.717, 1.165) is 47.5 Å². The fourth-order valence-electron chi connectivity index (χ4n) is 3.87. The van der Waals surface area contributed by atoms with Crippen molar-refractivity contribution >= 4 is 27.3 Å². The summed E-state index contributed by atoms with van der Waals surface area (Å²) in [6, 6.07) is 7.31. The quantitative estimate of drug-likeness (QED) is 0.594. The van der Waals surface area contributed by atoms with Crippen molar-refractivity contribution < 1.29 is 13.2 Å². The van der Waals surface area contributed by atoms with Gasteiger partial charge in [-0.2, -0.15) is 5.10 Å². The van der Waals surface area contributed by atoms with Crippen LogP contribution >= 0.6 is 0 Å². The number of hydrazone groups is 1. The standard InChI is InChI=1S/C24H39N3O3S/c1-20(2)21-15-17-23(18-16-21)27(31(3,29)30)19-24(28)26-25-22-13-11-9-7-5-4-6-8-10-12-14-22/h15-18,20H,4-14,19H2,1-3H3,(H,26,28). The number of anilines is 1. The third-order valence-electron chi connectivity index (χ3n) is 5.80. The van der Waals surface area contributed by atoms with Crippen LogP contribution < -0.4 is 9.73 Å². The number of carbonyl (C=O) groups excluding carboxylic acids is 1. The van der Waals surface area contributed by atoms with Gasteiger partial charge in [0, 0.05) is 5.71 Å². The zero-order valence-corrected chi connectivity index (χ0v) is 20.2. The molecule has 1 aliphatic carbocycles. The van der Waals surface area contributed by atoms with Crippen LogP contribution in [0.5, 0.6) is 0 Å². The molecule has 0 radical (unpaired) electrons. The number of rotatable bonds is 6. The Labute approximate surface area is 188 Å². The van der Waals surface area contributed by atoms with Crippen LogP contribution in [0.15, 0.2) is 29.4 Å². The summed E-state index contributed by atoms with van der Waals surface area (Å²) in [5.41, 5.74) is 5.23. The zero-order chi connectivity index (χ0) is 22.7. The second-order valence-corrected chi connectivity index (χ2v) is 10.8. The molecule has 1 aromatic carbocycles. The molecule has 0 bridgehead atoms. The zero-order valence-electron chi connectivity index (χ0n) is 19.4. The summed E-state index contributed by atoms with van der Waals surface area (Å²) in [6.07, 6.45) is 14.0. The second-order valence-electron chi connectivity index (χ2n) is 8.91. The lowest BCUT2D eigenvalue weighted by Gasteiger charge is -2.22. The molecule has 6 nitrogen and oxygen atoms in total. The van der Waals surface area contributed by atoms with Gasteiger partial charge in [-0.25, -0.2) is 13.8 Å². The highest BCUT2D eigenvalue weighted by Crippen LogP contribution is 2.22. The summed E-state index contributed by atoms with van der Waals surface area (Å²) < 4.78 is 25.8. The molecule has 1 fully saturated rings. The molecule has 174 valence electrons. The van der Waals surface area contributed by atoms with Crippen LogP contribution in [-0.4, -0.2) is 32.8 Å². The van der Waals surface area contributed by atoms with E-state index in [1.54, 1.807) is 12.1 Å². The lowest BCUT2D eigenvalue weighted by Crippen LogP contribution is -2.39. The molecule has 7 heteroatoms. The molecule has 0 aliphatic heterocycles. The summed E-state index contributed by atoms with van der Waals surface area (Å²) in [5, 5.41) is 4.37. The third-order valence-corrected chi connectivity index (χ3v) is 6.95. The van der Waals surface area contributed by atoms with Crippen LogP contribution in [0.3, 0.4) is 0 Å². The van der Waals surface area contributed by atoms with Gasteiger partial charge in [0.05, 0.1) is 11.9 Å². The molecule has 1 N–H and O–H groups in total. The molecular formula is C24H39N3O3S. The summed E-state index contributed by atoms with van der Waals surface area (Å²) in [6.45, 7) is 3.88. The van der Waals surface area contributed by atoms with Crippen molar-refractivity contribution in [3.8, 4) is 0 Å². The van der Waals surface area contributed by atoms with Gasteiger partial charge in [0.15, 0.2) is 0 Å². The minimum absolute atomic E-state index is 0.281. The molecule has 1 amide bonds. The Morgan fingerprint density at radius 3 is 1.87 bits per heavy atom. The van der Waals surface area contributed by atoms with Gasteiger partial charge < -0.3 is 0 Å². The van der Waals surface area contributed by atoms with Gasteiger partial charge in [0.25, 0.3) is 5.91 Å². The first kappa shape index (κ1) is 25.4. The number of nitrogens with zero attached hydrogens (tertiary/aromatic N) is 2. The van der Waals surface area contributed by atoms with E-state index in [4.69, 9.17) is 0 Å². The van der Waals surface area contributed by atoms with Crippen molar-refractivity contribution in [2.45, 2.75) is 90.4 Å². The molecule has 0 saturated heterocycles.